The number of hydrogen-bond acceptors (Lipinski definition) is 4. The second-order valence-corrected chi connectivity index (χ2v) is 6.51. The Bertz CT molecular complexity index is 909. The second-order valence-electron chi connectivity index (χ2n) is 5.67. The van der Waals surface area contributed by atoms with Crippen LogP contribution in [-0.2, 0) is 9.53 Å². The number of esters is 1. The maximum Gasteiger partial charge on any atom is 0.464 e. The van der Waals surface area contributed by atoms with Crippen LogP contribution in [0.1, 0.15) is 15.9 Å². The first-order valence-electron chi connectivity index (χ1n) is 7.70. The number of alkyl halides is 3. The highest BCUT2D eigenvalue weighted by Gasteiger charge is 2.68. The molecule has 11 heteroatoms. The summed E-state index contributed by atoms with van der Waals surface area (Å²) in [6.07, 6.45) is -3.92. The van der Waals surface area contributed by atoms with E-state index in [-0.39, 0.29) is 21.4 Å². The topological polar surface area (TPSA) is 81.6 Å². The van der Waals surface area contributed by atoms with Gasteiger partial charge in [0.15, 0.2) is 0 Å². The van der Waals surface area contributed by atoms with Gasteiger partial charge in [-0.2, -0.15) is 13.2 Å². The van der Waals surface area contributed by atoms with Crippen LogP contribution < -0.4 is 15.6 Å². The van der Waals surface area contributed by atoms with Crippen molar-refractivity contribution in [3.8, 4) is 0 Å². The van der Waals surface area contributed by atoms with E-state index < -0.39 is 23.7 Å². The molecule has 6 nitrogen and oxygen atoms in total. The van der Waals surface area contributed by atoms with Gasteiger partial charge in [-0.3, -0.25) is 10.1 Å². The minimum Gasteiger partial charge on any atom is -0.464 e. The molecule has 0 aliphatic heterocycles. The normalized spacial score (nSPS) is 13.4. The lowest BCUT2D eigenvalue weighted by molar-refractivity contribution is -0.363. The summed E-state index contributed by atoms with van der Waals surface area (Å²) in [6.45, 7) is 1.51. The number of rotatable bonds is 5. The molecule has 28 heavy (non-hydrogen) atoms. The van der Waals surface area contributed by atoms with Crippen LogP contribution in [0.3, 0.4) is 0 Å². The molecule has 0 unspecified atom stereocenters. The molecule has 0 spiro atoms. The van der Waals surface area contributed by atoms with E-state index in [2.05, 4.69) is 9.72 Å². The number of carbonyl (C=O) groups excluding carboxylic acids is 2. The minimum atomic E-state index is -5.27. The predicted molar refractivity (Wildman–Crippen MR) is 96.1 cm³/mol. The van der Waals surface area contributed by atoms with Crippen LogP contribution in [0.5, 0.6) is 0 Å². The Morgan fingerprint density at radius 3 is 2.39 bits per heavy atom. The van der Waals surface area contributed by atoms with Gasteiger partial charge in [-0.25, -0.2) is 15.1 Å². The molecule has 150 valence electrons. The van der Waals surface area contributed by atoms with Gasteiger partial charge >= 0.3 is 17.8 Å². The van der Waals surface area contributed by atoms with Crippen molar-refractivity contribution in [3.63, 3.8) is 0 Å². The number of methoxy groups -OCH3 is 1. The summed E-state index contributed by atoms with van der Waals surface area (Å²) in [5.74, 6) is -3.17. The van der Waals surface area contributed by atoms with Gasteiger partial charge in [0.1, 0.15) is 0 Å². The van der Waals surface area contributed by atoms with Gasteiger partial charge in [0.05, 0.1) is 23.9 Å². The summed E-state index contributed by atoms with van der Waals surface area (Å²) >= 11 is 11.6. The average Bonchev–Trinajstić information content (AvgIpc) is 2.61. The zero-order chi connectivity index (χ0) is 21.1. The molecule has 0 radical (unpaired) electrons. The summed E-state index contributed by atoms with van der Waals surface area (Å²) < 4.78 is 46.4. The first kappa shape index (κ1) is 21.8. The quantitative estimate of drug-likeness (QED) is 0.555. The largest absolute Gasteiger partial charge is 0.464 e. The highest BCUT2D eigenvalue weighted by Crippen LogP contribution is 2.33. The van der Waals surface area contributed by atoms with E-state index >= 15 is 0 Å². The SMILES string of the molecule is COC(=O)[C@@](NC(=O)c1ccc(Cl)cc1Cl)(Nc1[nH+]cccc1C)C(F)(F)F. The van der Waals surface area contributed by atoms with Crippen molar-refractivity contribution in [2.45, 2.75) is 18.8 Å². The minimum absolute atomic E-state index is 0.146. The van der Waals surface area contributed by atoms with E-state index in [9.17, 15) is 22.8 Å². The van der Waals surface area contributed by atoms with Crippen molar-refractivity contribution in [2.75, 3.05) is 12.4 Å². The Morgan fingerprint density at radius 1 is 1.18 bits per heavy atom. The number of pyridine rings is 1. The highest BCUT2D eigenvalue weighted by atomic mass is 35.5. The molecule has 2 rings (SSSR count). The number of aromatic amines is 1. The summed E-state index contributed by atoms with van der Waals surface area (Å²) in [5.41, 5.74) is -3.53. The molecule has 1 aromatic heterocycles. The number of halogens is 5. The van der Waals surface area contributed by atoms with Gasteiger partial charge in [0.25, 0.3) is 11.7 Å². The summed E-state index contributed by atoms with van der Waals surface area (Å²) in [4.78, 5) is 27.3. The van der Waals surface area contributed by atoms with E-state index in [0.717, 1.165) is 13.2 Å². The number of H-pyrrole nitrogens is 1. The van der Waals surface area contributed by atoms with Gasteiger partial charge in [0, 0.05) is 10.6 Å². The summed E-state index contributed by atoms with van der Waals surface area (Å²) in [6, 6.07) is 6.67. The number of benzene rings is 1. The molecular weight excluding hydrogens is 422 g/mol. The van der Waals surface area contributed by atoms with Crippen molar-refractivity contribution >= 4 is 40.9 Å². The molecule has 0 saturated carbocycles. The lowest BCUT2D eigenvalue weighted by atomic mass is 10.1. The third-order valence-corrected chi connectivity index (χ3v) is 4.32. The standard InChI is InChI=1S/C17H14Cl2F3N3O3/c1-9-4-3-7-23-13(9)24-16(15(27)28-2,17(20,21)22)25-14(26)11-6-5-10(18)8-12(11)19/h3-8H,1-2H3,(H,23,24)(H,25,26)/p+1/t16-/m0/s1. The fourth-order valence-corrected chi connectivity index (χ4v) is 2.79. The number of carbonyl (C=O) groups is 2. The smallest absolute Gasteiger partial charge is 0.464 e. The number of aryl methyl sites for hydroxylation is 1. The third kappa shape index (κ3) is 4.31. The molecule has 1 aromatic carbocycles. The number of ether oxygens (including phenoxy) is 1. The van der Waals surface area contributed by atoms with Crippen molar-refractivity contribution < 1.29 is 32.5 Å². The molecule has 0 aliphatic rings. The summed E-state index contributed by atoms with van der Waals surface area (Å²) in [7, 11) is 0.771. The highest BCUT2D eigenvalue weighted by molar-refractivity contribution is 6.36. The molecule has 2 aromatic rings. The van der Waals surface area contributed by atoms with Crippen LogP contribution in [0.15, 0.2) is 36.5 Å². The predicted octanol–water partition coefficient (Wildman–Crippen LogP) is 3.39. The van der Waals surface area contributed by atoms with Crippen molar-refractivity contribution in [3.05, 3.63) is 57.7 Å². The molecule has 0 saturated heterocycles. The number of amides is 1. The fraction of sp³-hybridized carbons (Fsp3) is 0.235. The van der Waals surface area contributed by atoms with Gasteiger partial charge < -0.3 is 4.74 Å². The zero-order valence-corrected chi connectivity index (χ0v) is 16.1. The van der Waals surface area contributed by atoms with E-state index in [1.54, 1.807) is 11.4 Å². The van der Waals surface area contributed by atoms with E-state index in [1.165, 1.54) is 31.3 Å². The lowest BCUT2D eigenvalue weighted by Crippen LogP contribution is -2.69. The van der Waals surface area contributed by atoms with Crippen LogP contribution in [0.25, 0.3) is 0 Å². The second kappa shape index (κ2) is 8.24. The van der Waals surface area contributed by atoms with Gasteiger partial charge in [-0.1, -0.05) is 23.2 Å². The van der Waals surface area contributed by atoms with Gasteiger partial charge in [0.2, 0.25) is 0 Å². The number of nitrogens with one attached hydrogen (secondary N) is 3. The van der Waals surface area contributed by atoms with Crippen LogP contribution >= 0.6 is 23.2 Å². The number of aromatic nitrogens is 1. The zero-order valence-electron chi connectivity index (χ0n) is 14.6. The van der Waals surface area contributed by atoms with Gasteiger partial charge in [-0.15, -0.1) is 0 Å². The maximum atomic E-state index is 14.0. The molecule has 1 atom stereocenters. The molecule has 0 aliphatic carbocycles. The van der Waals surface area contributed by atoms with E-state index in [4.69, 9.17) is 23.2 Å². The van der Waals surface area contributed by atoms with E-state index in [1.807, 2.05) is 5.32 Å². The van der Waals surface area contributed by atoms with Crippen molar-refractivity contribution in [2.24, 2.45) is 0 Å². The lowest BCUT2D eigenvalue weighted by Gasteiger charge is -2.30. The Labute approximate surface area is 168 Å². The molecule has 3 N–H and O–H groups in total. The van der Waals surface area contributed by atoms with Crippen LogP contribution in [0, 0.1) is 6.92 Å². The van der Waals surface area contributed by atoms with Crippen molar-refractivity contribution in [1.29, 1.82) is 0 Å². The molecule has 0 fully saturated rings. The number of hydrogen-bond donors (Lipinski definition) is 2. The Balaban J connectivity index is 2.55. The summed E-state index contributed by atoms with van der Waals surface area (Å²) in [5, 5.41) is 3.70. The maximum absolute atomic E-state index is 14.0. The number of anilines is 1. The van der Waals surface area contributed by atoms with Crippen LogP contribution in [-0.4, -0.2) is 30.8 Å². The fourth-order valence-electron chi connectivity index (χ4n) is 2.30. The van der Waals surface area contributed by atoms with Crippen LogP contribution in [0.4, 0.5) is 19.0 Å². The Kier molecular flexibility index (Phi) is 6.41. The average molecular weight is 437 g/mol. The van der Waals surface area contributed by atoms with Crippen molar-refractivity contribution in [1.82, 2.24) is 5.32 Å². The molecule has 0 bridgehead atoms. The first-order valence-corrected chi connectivity index (χ1v) is 8.45. The Hall–Kier alpha value is -2.52. The molecule has 1 heterocycles. The monoisotopic (exact) mass is 436 g/mol. The van der Waals surface area contributed by atoms with Crippen LogP contribution in [0.2, 0.25) is 10.0 Å². The first-order chi connectivity index (χ1) is 13.0. The molecular formula is C17H15Cl2F3N3O3+. The third-order valence-electron chi connectivity index (χ3n) is 3.77. The van der Waals surface area contributed by atoms with E-state index in [0.29, 0.717) is 5.56 Å². The van der Waals surface area contributed by atoms with Gasteiger partial charge in [-0.05, 0) is 37.3 Å². The Morgan fingerprint density at radius 2 is 1.86 bits per heavy atom. The molecule has 1 amide bonds.